The Kier molecular flexibility index (Phi) is 13.0. The van der Waals surface area contributed by atoms with Crippen molar-refractivity contribution < 1.29 is 27.8 Å². The van der Waals surface area contributed by atoms with Crippen LogP contribution in [0.3, 0.4) is 0 Å². The molecule has 0 atom stereocenters. The molecule has 42 heavy (non-hydrogen) atoms. The summed E-state index contributed by atoms with van der Waals surface area (Å²) in [5.41, 5.74) is 4.94. The highest BCUT2D eigenvalue weighted by Crippen LogP contribution is 2.28. The van der Waals surface area contributed by atoms with Gasteiger partial charge in [-0.2, -0.15) is 5.26 Å². The Bertz CT molecular complexity index is 1530. The molecule has 0 radical (unpaired) electrons. The van der Waals surface area contributed by atoms with Gasteiger partial charge in [0.25, 0.3) is 0 Å². The normalized spacial score (nSPS) is 9.81. The first kappa shape index (κ1) is 33.9. The quantitative estimate of drug-likeness (QED) is 0.149. The van der Waals surface area contributed by atoms with E-state index in [1.165, 1.54) is 31.2 Å². The van der Waals surface area contributed by atoms with Gasteiger partial charge in [0.1, 0.15) is 34.6 Å². The van der Waals surface area contributed by atoms with Crippen LogP contribution >= 0.6 is 15.9 Å². The number of carbonyl (C=O) groups excluding carboxylic acids is 2. The van der Waals surface area contributed by atoms with Crippen LogP contribution in [0.1, 0.15) is 56.8 Å². The molecule has 0 heterocycles. The minimum atomic E-state index is -0.303. The summed E-state index contributed by atoms with van der Waals surface area (Å²) in [7, 11) is 0. The van der Waals surface area contributed by atoms with E-state index in [1.54, 1.807) is 37.3 Å². The van der Waals surface area contributed by atoms with E-state index in [4.69, 9.17) is 14.7 Å². The molecule has 0 bridgehead atoms. The van der Waals surface area contributed by atoms with Crippen molar-refractivity contribution in [2.24, 2.45) is 0 Å². The number of hydrogen-bond acceptors (Lipinski definition) is 5. The molecular weight excluding hydrogens is 604 g/mol. The summed E-state index contributed by atoms with van der Waals surface area (Å²) in [5.74, 6) is 1.90. The number of nitrogens with zero attached hydrogens (tertiary/aromatic N) is 1. The van der Waals surface area contributed by atoms with E-state index in [9.17, 15) is 18.4 Å². The van der Waals surface area contributed by atoms with E-state index in [0.717, 1.165) is 27.8 Å². The highest BCUT2D eigenvalue weighted by atomic mass is 79.9. The van der Waals surface area contributed by atoms with Gasteiger partial charge in [-0.05, 0) is 130 Å². The number of nitriles is 1. The van der Waals surface area contributed by atoms with Gasteiger partial charge in [-0.3, -0.25) is 9.59 Å². The van der Waals surface area contributed by atoms with Crippen LogP contribution in [0, 0.1) is 50.7 Å². The maximum absolute atomic E-state index is 12.8. The monoisotopic (exact) mass is 635 g/mol. The molecule has 0 unspecified atom stereocenters. The maximum atomic E-state index is 12.8. The zero-order chi connectivity index (χ0) is 31.4. The second-order valence-electron chi connectivity index (χ2n) is 9.31. The summed E-state index contributed by atoms with van der Waals surface area (Å²) >= 11 is 3.18. The molecule has 0 aliphatic rings. The smallest absolute Gasteiger partial charge is 0.173 e. The Labute approximate surface area is 253 Å². The predicted octanol–water partition coefficient (Wildman–Crippen LogP) is 9.78. The van der Waals surface area contributed by atoms with Crippen LogP contribution in [-0.2, 0) is 0 Å². The summed E-state index contributed by atoms with van der Waals surface area (Å²) in [4.78, 5) is 23.3. The lowest BCUT2D eigenvalue weighted by Gasteiger charge is -2.12. The van der Waals surface area contributed by atoms with Crippen LogP contribution in [0.15, 0.2) is 72.8 Å². The minimum Gasteiger partial charge on any atom is -0.457 e. The number of ether oxygens (including phenoxy) is 2. The van der Waals surface area contributed by atoms with E-state index in [1.807, 2.05) is 52.0 Å². The zero-order valence-electron chi connectivity index (χ0n) is 24.3. The lowest BCUT2D eigenvalue weighted by molar-refractivity contribution is 0.101. The van der Waals surface area contributed by atoms with Crippen molar-refractivity contribution in [2.45, 2.75) is 41.5 Å². The topological polar surface area (TPSA) is 76.4 Å². The Morgan fingerprint density at radius 3 is 1.29 bits per heavy atom. The van der Waals surface area contributed by atoms with Gasteiger partial charge < -0.3 is 9.47 Å². The fourth-order valence-corrected chi connectivity index (χ4v) is 4.59. The Balaban J connectivity index is 0.000000269. The van der Waals surface area contributed by atoms with Crippen LogP contribution in [0.2, 0.25) is 0 Å². The Morgan fingerprint density at radius 1 is 0.690 bits per heavy atom. The van der Waals surface area contributed by atoms with Crippen molar-refractivity contribution in [3.8, 4) is 29.1 Å². The molecule has 0 saturated carbocycles. The number of Topliss-reactive ketones (excluding diaryl/α,β-unsaturated/α-hetero) is 2. The van der Waals surface area contributed by atoms with Crippen LogP contribution in [0.4, 0.5) is 8.78 Å². The molecule has 0 saturated heterocycles. The van der Waals surface area contributed by atoms with E-state index in [2.05, 4.69) is 15.9 Å². The Hall–Kier alpha value is -4.35. The average molecular weight is 637 g/mol. The summed E-state index contributed by atoms with van der Waals surface area (Å²) in [6.45, 7) is 10.5. The van der Waals surface area contributed by atoms with E-state index in [-0.39, 0.29) is 23.2 Å². The summed E-state index contributed by atoms with van der Waals surface area (Å²) in [6.07, 6.45) is 0. The number of benzene rings is 4. The molecule has 4 rings (SSSR count). The lowest BCUT2D eigenvalue weighted by atomic mass is 9.99. The van der Waals surface area contributed by atoms with Crippen molar-refractivity contribution in [1.82, 2.24) is 0 Å². The third-order valence-corrected chi connectivity index (χ3v) is 6.37. The molecule has 218 valence electrons. The van der Waals surface area contributed by atoms with Gasteiger partial charge >= 0.3 is 0 Å². The standard InChI is InChI=1S/C16H14BrFO2.C16H15FO2.C2H3N/c1-10-7-14(8-11(2)16(10)15(19)9-17)20-13-5-3-12(18)4-6-13;1-10-8-15(9-11(2)16(10)12(3)18)19-14-6-4-13(17)5-7-14;1-2-3/h3-8H,9H2,1-2H3;4-9H,1-3H3;1H3. The van der Waals surface area contributed by atoms with Gasteiger partial charge in [0, 0.05) is 18.1 Å². The fraction of sp³-hybridized carbons (Fsp3) is 0.206. The molecule has 0 aliphatic carbocycles. The van der Waals surface area contributed by atoms with E-state index in [0.29, 0.717) is 33.9 Å². The summed E-state index contributed by atoms with van der Waals surface area (Å²) in [5, 5.41) is 7.62. The molecule has 4 aromatic rings. The van der Waals surface area contributed by atoms with Gasteiger partial charge in [-0.15, -0.1) is 0 Å². The van der Waals surface area contributed by atoms with Crippen molar-refractivity contribution in [1.29, 1.82) is 5.26 Å². The number of hydrogen-bond donors (Lipinski definition) is 0. The van der Waals surface area contributed by atoms with Crippen molar-refractivity contribution in [3.05, 3.63) is 118 Å². The molecule has 5 nitrogen and oxygen atoms in total. The molecule has 0 spiro atoms. The largest absolute Gasteiger partial charge is 0.457 e. The molecule has 0 aromatic heterocycles. The van der Waals surface area contributed by atoms with Crippen LogP contribution < -0.4 is 9.47 Å². The number of aryl methyl sites for hydroxylation is 4. The minimum absolute atomic E-state index is 0.0448. The summed E-state index contributed by atoms with van der Waals surface area (Å²) in [6, 6.07) is 20.7. The van der Waals surface area contributed by atoms with E-state index >= 15 is 0 Å². The van der Waals surface area contributed by atoms with Crippen molar-refractivity contribution >= 4 is 27.5 Å². The second kappa shape index (κ2) is 16.2. The highest BCUT2D eigenvalue weighted by Gasteiger charge is 2.13. The SMILES string of the molecule is CC#N.CC(=O)c1c(C)cc(Oc2ccc(F)cc2)cc1C.Cc1cc(Oc2ccc(F)cc2)cc(C)c1C(=O)CBr. The first-order chi connectivity index (χ1) is 19.9. The zero-order valence-corrected chi connectivity index (χ0v) is 25.9. The van der Waals surface area contributed by atoms with E-state index < -0.39 is 0 Å². The maximum Gasteiger partial charge on any atom is 0.173 e. The third kappa shape index (κ3) is 9.93. The number of carbonyl (C=O) groups is 2. The van der Waals surface area contributed by atoms with Crippen LogP contribution in [0.25, 0.3) is 0 Å². The Morgan fingerprint density at radius 2 is 1.00 bits per heavy atom. The van der Waals surface area contributed by atoms with Crippen LogP contribution in [-0.4, -0.2) is 16.9 Å². The number of halogens is 3. The van der Waals surface area contributed by atoms with Gasteiger partial charge in [0.2, 0.25) is 0 Å². The number of rotatable bonds is 7. The lowest BCUT2D eigenvalue weighted by Crippen LogP contribution is -2.05. The predicted molar refractivity (Wildman–Crippen MR) is 164 cm³/mol. The van der Waals surface area contributed by atoms with Gasteiger partial charge in [-0.1, -0.05) is 15.9 Å². The van der Waals surface area contributed by atoms with Crippen molar-refractivity contribution in [3.63, 3.8) is 0 Å². The van der Waals surface area contributed by atoms with Crippen LogP contribution in [0.5, 0.6) is 23.0 Å². The first-order valence-electron chi connectivity index (χ1n) is 12.9. The first-order valence-corrected chi connectivity index (χ1v) is 14.0. The molecule has 0 amide bonds. The molecule has 0 aliphatic heterocycles. The third-order valence-electron chi connectivity index (χ3n) is 5.86. The fourth-order valence-electron chi connectivity index (χ4n) is 4.30. The number of ketones is 2. The molecular formula is C34H32BrF2NO4. The average Bonchev–Trinajstić information content (AvgIpc) is 2.91. The number of alkyl halides is 1. The summed E-state index contributed by atoms with van der Waals surface area (Å²) < 4.78 is 37.0. The van der Waals surface area contributed by atoms with Gasteiger partial charge in [-0.25, -0.2) is 8.78 Å². The van der Waals surface area contributed by atoms with Gasteiger partial charge in [0.05, 0.1) is 11.4 Å². The molecule has 8 heteroatoms. The highest BCUT2D eigenvalue weighted by molar-refractivity contribution is 9.09. The van der Waals surface area contributed by atoms with Crippen molar-refractivity contribution in [2.75, 3.05) is 5.33 Å². The second-order valence-corrected chi connectivity index (χ2v) is 9.87. The molecule has 0 fully saturated rings. The van der Waals surface area contributed by atoms with Gasteiger partial charge in [0.15, 0.2) is 11.6 Å². The molecule has 0 N–H and O–H groups in total. The molecule has 4 aromatic carbocycles.